The Hall–Kier alpha value is -2.39. The Labute approximate surface area is 146 Å². The standard InChI is InChI=1S/C14H13ClN6O2S/c15-11-3-1-2-10(4-11)5-17-12(22)7-24-14-20-19-13(23-14)6-21-9-16-8-18-21/h1-4,8-9H,5-7H2,(H,17,22). The lowest BCUT2D eigenvalue weighted by Crippen LogP contribution is -2.24. The van der Waals surface area contributed by atoms with Crippen molar-refractivity contribution in [3.63, 3.8) is 0 Å². The van der Waals surface area contributed by atoms with Gasteiger partial charge in [-0.3, -0.25) is 4.79 Å². The van der Waals surface area contributed by atoms with E-state index in [0.29, 0.717) is 29.2 Å². The van der Waals surface area contributed by atoms with Crippen molar-refractivity contribution in [3.05, 3.63) is 53.4 Å². The second kappa shape index (κ2) is 7.93. The second-order valence-electron chi connectivity index (χ2n) is 4.75. The number of hydrogen-bond donors (Lipinski definition) is 1. The maximum absolute atomic E-state index is 11.9. The molecule has 0 aliphatic carbocycles. The lowest BCUT2D eigenvalue weighted by molar-refractivity contribution is -0.118. The summed E-state index contributed by atoms with van der Waals surface area (Å²) in [5.41, 5.74) is 0.939. The number of nitrogens with one attached hydrogen (secondary N) is 1. The van der Waals surface area contributed by atoms with Crippen LogP contribution in [0.5, 0.6) is 0 Å². The molecule has 0 saturated carbocycles. The molecule has 2 aromatic heterocycles. The van der Waals surface area contributed by atoms with E-state index < -0.39 is 0 Å². The molecule has 3 rings (SSSR count). The van der Waals surface area contributed by atoms with E-state index in [-0.39, 0.29) is 11.7 Å². The maximum Gasteiger partial charge on any atom is 0.277 e. The third kappa shape index (κ3) is 4.80. The number of amides is 1. The summed E-state index contributed by atoms with van der Waals surface area (Å²) in [6, 6.07) is 7.33. The van der Waals surface area contributed by atoms with Crippen LogP contribution in [0.25, 0.3) is 0 Å². The maximum atomic E-state index is 11.9. The minimum Gasteiger partial charge on any atom is -0.414 e. The van der Waals surface area contributed by atoms with E-state index in [0.717, 1.165) is 5.56 Å². The van der Waals surface area contributed by atoms with Crippen molar-refractivity contribution in [1.29, 1.82) is 0 Å². The van der Waals surface area contributed by atoms with Gasteiger partial charge in [0.2, 0.25) is 11.8 Å². The van der Waals surface area contributed by atoms with Crippen LogP contribution in [0, 0.1) is 0 Å². The molecule has 1 N–H and O–H groups in total. The van der Waals surface area contributed by atoms with Crippen molar-refractivity contribution in [2.45, 2.75) is 18.3 Å². The van der Waals surface area contributed by atoms with Crippen LogP contribution >= 0.6 is 23.4 Å². The number of nitrogens with zero attached hydrogens (tertiary/aromatic N) is 5. The number of halogens is 1. The topological polar surface area (TPSA) is 98.7 Å². The fourth-order valence-corrected chi connectivity index (χ4v) is 2.66. The van der Waals surface area contributed by atoms with Crippen LogP contribution in [0.2, 0.25) is 5.02 Å². The van der Waals surface area contributed by atoms with Crippen molar-refractivity contribution in [3.8, 4) is 0 Å². The van der Waals surface area contributed by atoms with Crippen LogP contribution < -0.4 is 5.32 Å². The van der Waals surface area contributed by atoms with Crippen LogP contribution in [0.4, 0.5) is 0 Å². The Morgan fingerprint density at radius 2 is 2.29 bits per heavy atom. The summed E-state index contributed by atoms with van der Waals surface area (Å²) in [6.07, 6.45) is 2.98. The fourth-order valence-electron chi connectivity index (χ4n) is 1.84. The van der Waals surface area contributed by atoms with E-state index in [2.05, 4.69) is 25.6 Å². The van der Waals surface area contributed by atoms with Crippen molar-refractivity contribution in [2.24, 2.45) is 0 Å². The Kier molecular flexibility index (Phi) is 5.44. The highest BCUT2D eigenvalue weighted by Gasteiger charge is 2.10. The first-order valence-electron chi connectivity index (χ1n) is 6.98. The molecule has 0 fully saturated rings. The van der Waals surface area contributed by atoms with Gasteiger partial charge in [-0.15, -0.1) is 10.2 Å². The minimum absolute atomic E-state index is 0.129. The van der Waals surface area contributed by atoms with E-state index in [4.69, 9.17) is 16.0 Å². The van der Waals surface area contributed by atoms with E-state index >= 15 is 0 Å². The monoisotopic (exact) mass is 364 g/mol. The molecule has 1 aromatic carbocycles. The molecule has 24 heavy (non-hydrogen) atoms. The highest BCUT2D eigenvalue weighted by molar-refractivity contribution is 7.99. The van der Waals surface area contributed by atoms with Gasteiger partial charge in [0, 0.05) is 11.6 Å². The predicted molar refractivity (Wildman–Crippen MR) is 87.4 cm³/mol. The molecule has 2 heterocycles. The third-order valence-corrected chi connectivity index (χ3v) is 3.97. The van der Waals surface area contributed by atoms with Crippen LogP contribution in [0.15, 0.2) is 46.6 Å². The molecule has 1 amide bonds. The van der Waals surface area contributed by atoms with E-state index in [9.17, 15) is 4.79 Å². The van der Waals surface area contributed by atoms with Crippen molar-refractivity contribution < 1.29 is 9.21 Å². The Morgan fingerprint density at radius 3 is 3.08 bits per heavy atom. The largest absolute Gasteiger partial charge is 0.414 e. The first-order valence-corrected chi connectivity index (χ1v) is 8.34. The molecule has 3 aromatic rings. The third-order valence-electron chi connectivity index (χ3n) is 2.92. The van der Waals surface area contributed by atoms with E-state index in [1.165, 1.54) is 18.1 Å². The van der Waals surface area contributed by atoms with Crippen LogP contribution in [-0.2, 0) is 17.9 Å². The van der Waals surface area contributed by atoms with Gasteiger partial charge in [0.1, 0.15) is 19.2 Å². The molecule has 0 bridgehead atoms. The molecule has 0 aliphatic heterocycles. The quantitative estimate of drug-likeness (QED) is 0.638. The molecule has 10 heteroatoms. The predicted octanol–water partition coefficient (Wildman–Crippen LogP) is 1.77. The average molecular weight is 365 g/mol. The van der Waals surface area contributed by atoms with Gasteiger partial charge in [0.05, 0.1) is 5.75 Å². The van der Waals surface area contributed by atoms with Crippen LogP contribution in [0.3, 0.4) is 0 Å². The second-order valence-corrected chi connectivity index (χ2v) is 6.11. The minimum atomic E-state index is -0.129. The lowest BCUT2D eigenvalue weighted by atomic mass is 10.2. The molecule has 0 unspecified atom stereocenters. The summed E-state index contributed by atoms with van der Waals surface area (Å²) < 4.78 is 7.01. The number of rotatable bonds is 7. The van der Waals surface area contributed by atoms with Gasteiger partial charge in [0.15, 0.2) is 0 Å². The van der Waals surface area contributed by atoms with E-state index in [1.54, 1.807) is 17.1 Å². The average Bonchev–Trinajstić information content (AvgIpc) is 3.23. The SMILES string of the molecule is O=C(CSc1nnc(Cn2cncn2)o1)NCc1cccc(Cl)c1. The normalized spacial score (nSPS) is 10.7. The highest BCUT2D eigenvalue weighted by Crippen LogP contribution is 2.16. The van der Waals surface area contributed by atoms with Crippen molar-refractivity contribution in [1.82, 2.24) is 30.3 Å². The van der Waals surface area contributed by atoms with Gasteiger partial charge < -0.3 is 9.73 Å². The number of aromatic nitrogens is 5. The number of hydrogen-bond acceptors (Lipinski definition) is 7. The molecule has 0 aliphatic rings. The van der Waals surface area contributed by atoms with Crippen LogP contribution in [0.1, 0.15) is 11.5 Å². The molecule has 0 spiro atoms. The molecule has 0 saturated heterocycles. The number of benzene rings is 1. The molecular formula is C14H13ClN6O2S. The molecule has 0 radical (unpaired) electrons. The van der Waals surface area contributed by atoms with Gasteiger partial charge in [-0.1, -0.05) is 35.5 Å². The molecule has 0 atom stereocenters. The number of thioether (sulfide) groups is 1. The van der Waals surface area contributed by atoms with Crippen molar-refractivity contribution >= 4 is 29.3 Å². The van der Waals surface area contributed by atoms with Gasteiger partial charge in [-0.25, -0.2) is 9.67 Å². The van der Waals surface area contributed by atoms with Gasteiger partial charge in [-0.2, -0.15) is 5.10 Å². The fraction of sp³-hybridized carbons (Fsp3) is 0.214. The van der Waals surface area contributed by atoms with Crippen molar-refractivity contribution in [2.75, 3.05) is 5.75 Å². The molecular weight excluding hydrogens is 352 g/mol. The summed E-state index contributed by atoms with van der Waals surface area (Å²) in [5, 5.41) is 15.5. The summed E-state index contributed by atoms with van der Waals surface area (Å²) in [7, 11) is 0. The Morgan fingerprint density at radius 1 is 1.38 bits per heavy atom. The zero-order valence-electron chi connectivity index (χ0n) is 12.4. The summed E-state index contributed by atoms with van der Waals surface area (Å²) >= 11 is 7.08. The Balaban J connectivity index is 1.43. The number of carbonyl (C=O) groups excluding carboxylic acids is 1. The smallest absolute Gasteiger partial charge is 0.277 e. The van der Waals surface area contributed by atoms with Gasteiger partial charge >= 0.3 is 0 Å². The summed E-state index contributed by atoms with van der Waals surface area (Å²) in [5.74, 6) is 0.462. The molecule has 124 valence electrons. The summed E-state index contributed by atoms with van der Waals surface area (Å²) in [4.78, 5) is 15.7. The summed E-state index contributed by atoms with van der Waals surface area (Å²) in [6.45, 7) is 0.760. The Bertz CT molecular complexity index is 807. The number of carbonyl (C=O) groups is 1. The highest BCUT2D eigenvalue weighted by atomic mass is 35.5. The van der Waals surface area contributed by atoms with Gasteiger partial charge in [-0.05, 0) is 17.7 Å². The van der Waals surface area contributed by atoms with Crippen LogP contribution in [-0.4, -0.2) is 36.6 Å². The zero-order chi connectivity index (χ0) is 16.8. The zero-order valence-corrected chi connectivity index (χ0v) is 14.0. The molecule has 8 nitrogen and oxygen atoms in total. The van der Waals surface area contributed by atoms with E-state index in [1.807, 2.05) is 18.2 Å². The first-order chi connectivity index (χ1) is 11.7. The lowest BCUT2D eigenvalue weighted by Gasteiger charge is -2.04. The first kappa shape index (κ1) is 16.5. The van der Waals surface area contributed by atoms with Gasteiger partial charge in [0.25, 0.3) is 5.22 Å².